The first kappa shape index (κ1) is 10.1. The van der Waals surface area contributed by atoms with Gasteiger partial charge in [0.25, 0.3) is 0 Å². The number of carbonyl (C=O) groups excluding carboxylic acids is 2. The van der Waals surface area contributed by atoms with E-state index in [0.29, 0.717) is 6.42 Å². The van der Waals surface area contributed by atoms with Crippen LogP contribution in [-0.2, 0) is 9.59 Å². The number of hydrogen-bond donors (Lipinski definition) is 0. The first-order chi connectivity index (χ1) is 7.18. The number of rotatable bonds is 1. The zero-order valence-electron chi connectivity index (χ0n) is 8.77. The van der Waals surface area contributed by atoms with E-state index < -0.39 is 0 Å². The molecule has 0 heterocycles. The van der Waals surface area contributed by atoms with Crippen LogP contribution in [-0.4, -0.2) is 11.6 Å². The van der Waals surface area contributed by atoms with E-state index >= 15 is 0 Å². The predicted octanol–water partition coefficient (Wildman–Crippen LogP) is 2.34. The van der Waals surface area contributed by atoms with E-state index in [-0.39, 0.29) is 29.8 Å². The summed E-state index contributed by atoms with van der Waals surface area (Å²) in [6, 6.07) is 9.83. The normalized spacial score (nSPS) is 26.7. The lowest BCUT2D eigenvalue weighted by Gasteiger charge is -2.27. The molecule has 0 saturated heterocycles. The van der Waals surface area contributed by atoms with Crippen LogP contribution in [0.3, 0.4) is 0 Å². The van der Waals surface area contributed by atoms with E-state index in [1.54, 1.807) is 0 Å². The lowest BCUT2D eigenvalue weighted by atomic mass is 9.75. The zero-order chi connectivity index (χ0) is 10.8. The summed E-state index contributed by atoms with van der Waals surface area (Å²) in [5.74, 6) is 0.220. The summed E-state index contributed by atoms with van der Waals surface area (Å²) in [5, 5.41) is 0. The molecule has 0 unspecified atom stereocenters. The van der Waals surface area contributed by atoms with Crippen molar-refractivity contribution >= 4 is 11.6 Å². The fraction of sp³-hybridized carbons (Fsp3) is 0.385. The maximum absolute atomic E-state index is 11.6. The molecule has 1 fully saturated rings. The second kappa shape index (κ2) is 3.97. The van der Waals surface area contributed by atoms with Crippen molar-refractivity contribution in [2.45, 2.75) is 25.7 Å². The summed E-state index contributed by atoms with van der Waals surface area (Å²) in [5.41, 5.74) is 1.10. The standard InChI is InChI=1S/C13H14O2/c1-9-12(7-11(14)8-13(9)15)10-5-3-2-4-6-10/h2-6,9,12H,7-8H2,1H3/t9-,12+/m0/s1. The molecule has 1 aliphatic rings. The van der Waals surface area contributed by atoms with E-state index in [2.05, 4.69) is 0 Å². The van der Waals surface area contributed by atoms with Gasteiger partial charge in [0.1, 0.15) is 11.6 Å². The molecule has 2 rings (SSSR count). The fourth-order valence-electron chi connectivity index (χ4n) is 2.18. The number of benzene rings is 1. The molecule has 0 spiro atoms. The van der Waals surface area contributed by atoms with Gasteiger partial charge in [-0.3, -0.25) is 9.59 Å². The molecule has 15 heavy (non-hydrogen) atoms. The Morgan fingerprint density at radius 2 is 1.80 bits per heavy atom. The Morgan fingerprint density at radius 1 is 1.13 bits per heavy atom. The topological polar surface area (TPSA) is 34.1 Å². The molecule has 1 aromatic carbocycles. The van der Waals surface area contributed by atoms with Gasteiger partial charge in [0, 0.05) is 18.3 Å². The van der Waals surface area contributed by atoms with Crippen molar-refractivity contribution in [1.29, 1.82) is 0 Å². The van der Waals surface area contributed by atoms with Crippen molar-refractivity contribution in [3.63, 3.8) is 0 Å². The minimum absolute atomic E-state index is 0.0231. The molecule has 0 bridgehead atoms. The molecule has 0 N–H and O–H groups in total. The molecule has 2 heteroatoms. The number of Topliss-reactive ketones (excluding diaryl/α,β-unsaturated/α-hetero) is 2. The van der Waals surface area contributed by atoms with Gasteiger partial charge in [0.2, 0.25) is 0 Å². The molecule has 1 aromatic rings. The summed E-state index contributed by atoms with van der Waals surface area (Å²) in [4.78, 5) is 22.9. The zero-order valence-corrected chi connectivity index (χ0v) is 8.77. The summed E-state index contributed by atoms with van der Waals surface area (Å²) in [6.45, 7) is 1.92. The van der Waals surface area contributed by atoms with E-state index in [1.807, 2.05) is 37.3 Å². The molecule has 2 atom stereocenters. The highest BCUT2D eigenvalue weighted by atomic mass is 16.1. The average Bonchev–Trinajstić information content (AvgIpc) is 2.24. The van der Waals surface area contributed by atoms with Crippen molar-refractivity contribution in [2.75, 3.05) is 0 Å². The van der Waals surface area contributed by atoms with Crippen molar-refractivity contribution in [1.82, 2.24) is 0 Å². The second-order valence-electron chi connectivity index (χ2n) is 4.19. The molecule has 78 valence electrons. The van der Waals surface area contributed by atoms with Gasteiger partial charge < -0.3 is 0 Å². The van der Waals surface area contributed by atoms with Gasteiger partial charge in [-0.2, -0.15) is 0 Å². The van der Waals surface area contributed by atoms with E-state index in [9.17, 15) is 9.59 Å². The highest BCUT2D eigenvalue weighted by Crippen LogP contribution is 2.33. The Balaban J connectivity index is 2.28. The van der Waals surface area contributed by atoms with Crippen LogP contribution in [0.5, 0.6) is 0 Å². The van der Waals surface area contributed by atoms with E-state index in [0.717, 1.165) is 5.56 Å². The van der Waals surface area contributed by atoms with Gasteiger partial charge in [-0.25, -0.2) is 0 Å². The van der Waals surface area contributed by atoms with Crippen LogP contribution in [0.25, 0.3) is 0 Å². The van der Waals surface area contributed by atoms with Gasteiger partial charge in [-0.1, -0.05) is 37.3 Å². The van der Waals surface area contributed by atoms with Gasteiger partial charge >= 0.3 is 0 Å². The summed E-state index contributed by atoms with van der Waals surface area (Å²) in [7, 11) is 0. The van der Waals surface area contributed by atoms with E-state index in [1.165, 1.54) is 0 Å². The van der Waals surface area contributed by atoms with Crippen LogP contribution >= 0.6 is 0 Å². The molecule has 0 aliphatic heterocycles. The first-order valence-corrected chi connectivity index (χ1v) is 5.28. The average molecular weight is 202 g/mol. The number of ketones is 2. The molecule has 0 amide bonds. The van der Waals surface area contributed by atoms with E-state index in [4.69, 9.17) is 0 Å². The van der Waals surface area contributed by atoms with Crippen molar-refractivity contribution in [3.8, 4) is 0 Å². The van der Waals surface area contributed by atoms with Gasteiger partial charge in [0.05, 0.1) is 6.42 Å². The second-order valence-corrected chi connectivity index (χ2v) is 4.19. The lowest BCUT2D eigenvalue weighted by molar-refractivity contribution is -0.133. The van der Waals surface area contributed by atoms with Gasteiger partial charge in [-0.15, -0.1) is 0 Å². The maximum atomic E-state index is 11.6. The van der Waals surface area contributed by atoms with Crippen molar-refractivity contribution in [3.05, 3.63) is 35.9 Å². The lowest BCUT2D eigenvalue weighted by Crippen LogP contribution is -2.29. The van der Waals surface area contributed by atoms with Crippen molar-refractivity contribution in [2.24, 2.45) is 5.92 Å². The Labute approximate surface area is 89.3 Å². The Bertz CT molecular complexity index is 381. The van der Waals surface area contributed by atoms with Crippen LogP contribution in [0.2, 0.25) is 0 Å². The monoisotopic (exact) mass is 202 g/mol. The molecule has 0 radical (unpaired) electrons. The van der Waals surface area contributed by atoms with Crippen molar-refractivity contribution < 1.29 is 9.59 Å². The summed E-state index contributed by atoms with van der Waals surface area (Å²) < 4.78 is 0. The number of carbonyl (C=O) groups is 2. The third-order valence-electron chi connectivity index (χ3n) is 3.16. The smallest absolute Gasteiger partial charge is 0.143 e. The Kier molecular flexibility index (Phi) is 2.67. The minimum atomic E-state index is -0.0231. The van der Waals surface area contributed by atoms with Crippen LogP contribution in [0.15, 0.2) is 30.3 Å². The first-order valence-electron chi connectivity index (χ1n) is 5.28. The molecule has 1 aliphatic carbocycles. The Hall–Kier alpha value is -1.44. The largest absolute Gasteiger partial charge is 0.299 e. The van der Waals surface area contributed by atoms with Crippen LogP contribution in [0, 0.1) is 5.92 Å². The molecular formula is C13H14O2. The third kappa shape index (κ3) is 1.99. The van der Waals surface area contributed by atoms with Crippen LogP contribution in [0.4, 0.5) is 0 Å². The fourth-order valence-corrected chi connectivity index (χ4v) is 2.18. The molecule has 2 nitrogen and oxygen atoms in total. The quantitative estimate of drug-likeness (QED) is 0.655. The van der Waals surface area contributed by atoms with Gasteiger partial charge in [-0.05, 0) is 5.56 Å². The highest BCUT2D eigenvalue weighted by molar-refractivity contribution is 6.03. The molecule has 1 saturated carbocycles. The summed E-state index contributed by atoms with van der Waals surface area (Å²) in [6.07, 6.45) is 0.640. The summed E-state index contributed by atoms with van der Waals surface area (Å²) >= 11 is 0. The number of hydrogen-bond acceptors (Lipinski definition) is 2. The highest BCUT2D eigenvalue weighted by Gasteiger charge is 2.33. The van der Waals surface area contributed by atoms with Gasteiger partial charge in [0.15, 0.2) is 0 Å². The molecular weight excluding hydrogens is 188 g/mol. The van der Waals surface area contributed by atoms with Crippen LogP contribution < -0.4 is 0 Å². The maximum Gasteiger partial charge on any atom is 0.143 e. The molecule has 0 aromatic heterocycles. The third-order valence-corrected chi connectivity index (χ3v) is 3.16. The van der Waals surface area contributed by atoms with Crippen LogP contribution in [0.1, 0.15) is 31.2 Å². The SMILES string of the molecule is C[C@@H]1C(=O)CC(=O)C[C@H]1c1ccccc1. The minimum Gasteiger partial charge on any atom is -0.299 e. The Morgan fingerprint density at radius 3 is 2.47 bits per heavy atom. The predicted molar refractivity (Wildman–Crippen MR) is 57.6 cm³/mol.